The molecular formula is C13H12Cl2N4OS. The minimum absolute atomic E-state index is 0.0845. The summed E-state index contributed by atoms with van der Waals surface area (Å²) in [6.07, 6.45) is 1.77. The normalized spacial score (nSPS) is 10.4. The average Bonchev–Trinajstić information content (AvgIpc) is 2.76. The Morgan fingerprint density at radius 3 is 2.90 bits per heavy atom. The van der Waals surface area contributed by atoms with E-state index in [9.17, 15) is 4.79 Å². The number of anilines is 1. The van der Waals surface area contributed by atoms with Gasteiger partial charge in [-0.2, -0.15) is 5.10 Å². The van der Waals surface area contributed by atoms with Crippen molar-refractivity contribution in [3.05, 3.63) is 51.5 Å². The first-order valence-corrected chi connectivity index (χ1v) is 7.17. The van der Waals surface area contributed by atoms with E-state index < -0.39 is 0 Å². The smallest absolute Gasteiger partial charge is 0.232 e. The van der Waals surface area contributed by atoms with Crippen molar-refractivity contribution >= 4 is 47.0 Å². The lowest BCUT2D eigenvalue weighted by Crippen LogP contribution is -2.17. The van der Waals surface area contributed by atoms with Gasteiger partial charge >= 0.3 is 0 Å². The van der Waals surface area contributed by atoms with Crippen molar-refractivity contribution in [1.82, 2.24) is 14.8 Å². The second-order valence-corrected chi connectivity index (χ2v) is 5.40. The molecule has 8 heteroatoms. The van der Waals surface area contributed by atoms with Crippen LogP contribution in [0.1, 0.15) is 5.82 Å². The second-order valence-electron chi connectivity index (χ2n) is 4.20. The van der Waals surface area contributed by atoms with Gasteiger partial charge in [-0.1, -0.05) is 29.3 Å². The number of carbonyl (C=O) groups is 1. The van der Waals surface area contributed by atoms with Crippen molar-refractivity contribution in [1.29, 1.82) is 0 Å². The molecule has 1 amide bonds. The molecule has 1 heterocycles. The number of rotatable bonds is 5. The van der Waals surface area contributed by atoms with Crippen LogP contribution in [0.25, 0.3) is 0 Å². The van der Waals surface area contributed by atoms with E-state index in [1.807, 2.05) is 0 Å². The molecule has 0 radical (unpaired) electrons. The maximum atomic E-state index is 12.0. The summed E-state index contributed by atoms with van der Waals surface area (Å²) < 4.78 is 2.16. The van der Waals surface area contributed by atoms with E-state index in [2.05, 4.69) is 22.1 Å². The van der Waals surface area contributed by atoms with E-state index in [0.29, 0.717) is 32.9 Å². The van der Waals surface area contributed by atoms with Crippen molar-refractivity contribution in [3.63, 3.8) is 0 Å². The molecule has 2 aromatic rings. The van der Waals surface area contributed by atoms with Crippen molar-refractivity contribution in [2.45, 2.75) is 13.0 Å². The molecule has 0 aliphatic heterocycles. The van der Waals surface area contributed by atoms with Gasteiger partial charge in [0.15, 0.2) is 4.77 Å². The van der Waals surface area contributed by atoms with Gasteiger partial charge in [0.2, 0.25) is 5.91 Å². The lowest BCUT2D eigenvalue weighted by atomic mass is 10.3. The Kier molecular flexibility index (Phi) is 5.17. The minimum atomic E-state index is -0.229. The van der Waals surface area contributed by atoms with Gasteiger partial charge in [0.1, 0.15) is 5.82 Å². The topological polar surface area (TPSA) is 62.7 Å². The van der Waals surface area contributed by atoms with Crippen molar-refractivity contribution in [3.8, 4) is 0 Å². The Bertz CT molecular complexity index is 738. The summed E-state index contributed by atoms with van der Waals surface area (Å²) in [6, 6.07) is 4.88. The van der Waals surface area contributed by atoms with Crippen LogP contribution in [0.15, 0.2) is 30.9 Å². The van der Waals surface area contributed by atoms with Crippen LogP contribution in [0.5, 0.6) is 0 Å². The fraction of sp³-hybridized carbons (Fsp3) is 0.154. The quantitative estimate of drug-likeness (QED) is 0.644. The number of halogens is 2. The maximum absolute atomic E-state index is 12.0. The number of H-pyrrole nitrogens is 1. The predicted octanol–water partition coefficient (Wildman–Crippen LogP) is 3.61. The number of benzene rings is 1. The zero-order valence-electron chi connectivity index (χ0n) is 10.9. The third-order valence-electron chi connectivity index (χ3n) is 2.67. The minimum Gasteiger partial charge on any atom is -0.326 e. The van der Waals surface area contributed by atoms with E-state index >= 15 is 0 Å². The fourth-order valence-corrected chi connectivity index (χ4v) is 2.25. The molecule has 0 bridgehead atoms. The van der Waals surface area contributed by atoms with Crippen LogP contribution >= 0.6 is 35.4 Å². The Hall–Kier alpha value is -1.63. The number of amides is 1. The van der Waals surface area contributed by atoms with Gasteiger partial charge in [-0.05, 0) is 30.4 Å². The fourth-order valence-electron chi connectivity index (χ4n) is 1.73. The number of aromatic amines is 1. The number of aromatic nitrogens is 3. The van der Waals surface area contributed by atoms with Crippen LogP contribution in [0, 0.1) is 4.77 Å². The third kappa shape index (κ3) is 3.93. The van der Waals surface area contributed by atoms with E-state index in [1.165, 1.54) is 0 Å². The molecule has 1 aromatic carbocycles. The molecule has 21 heavy (non-hydrogen) atoms. The number of carbonyl (C=O) groups excluding carboxylic acids is 1. The standard InChI is InChI=1S/C13H12Cl2N4OS/c1-2-5-19-11(17-18-13(19)21)7-12(20)16-8-3-4-9(14)10(15)6-8/h2-4,6H,1,5,7H2,(H,16,20)(H,18,21). The highest BCUT2D eigenvalue weighted by molar-refractivity contribution is 7.71. The summed E-state index contributed by atoms with van der Waals surface area (Å²) >= 11 is 16.8. The Morgan fingerprint density at radius 2 is 2.24 bits per heavy atom. The van der Waals surface area contributed by atoms with Gasteiger partial charge in [0, 0.05) is 12.2 Å². The van der Waals surface area contributed by atoms with Crippen molar-refractivity contribution < 1.29 is 4.79 Å². The zero-order valence-corrected chi connectivity index (χ0v) is 13.2. The molecular weight excluding hydrogens is 331 g/mol. The zero-order chi connectivity index (χ0) is 15.4. The summed E-state index contributed by atoms with van der Waals surface area (Å²) in [7, 11) is 0. The first-order chi connectivity index (χ1) is 10.0. The van der Waals surface area contributed by atoms with Crippen LogP contribution in [-0.4, -0.2) is 20.7 Å². The third-order valence-corrected chi connectivity index (χ3v) is 3.72. The highest BCUT2D eigenvalue weighted by atomic mass is 35.5. The number of hydrogen-bond donors (Lipinski definition) is 2. The van der Waals surface area contributed by atoms with Crippen LogP contribution < -0.4 is 5.32 Å². The summed E-state index contributed by atoms with van der Waals surface area (Å²) in [5.74, 6) is 0.310. The van der Waals surface area contributed by atoms with Crippen LogP contribution in [0.2, 0.25) is 10.0 Å². The molecule has 0 aliphatic carbocycles. The first kappa shape index (κ1) is 15.8. The van der Waals surface area contributed by atoms with E-state index in [-0.39, 0.29) is 12.3 Å². The molecule has 2 N–H and O–H groups in total. The van der Waals surface area contributed by atoms with Crippen LogP contribution in [0.3, 0.4) is 0 Å². The molecule has 0 atom stereocenters. The van der Waals surface area contributed by atoms with Gasteiger partial charge < -0.3 is 5.32 Å². The number of nitrogens with one attached hydrogen (secondary N) is 2. The number of nitrogens with zero attached hydrogens (tertiary/aromatic N) is 2. The predicted molar refractivity (Wildman–Crippen MR) is 86.4 cm³/mol. The molecule has 110 valence electrons. The molecule has 1 aromatic heterocycles. The Morgan fingerprint density at radius 1 is 1.48 bits per heavy atom. The lowest BCUT2D eigenvalue weighted by molar-refractivity contribution is -0.115. The second kappa shape index (κ2) is 6.89. The Balaban J connectivity index is 2.09. The van der Waals surface area contributed by atoms with E-state index in [4.69, 9.17) is 35.4 Å². The van der Waals surface area contributed by atoms with E-state index in [1.54, 1.807) is 28.8 Å². The number of allylic oxidation sites excluding steroid dienone is 1. The van der Waals surface area contributed by atoms with E-state index in [0.717, 1.165) is 0 Å². The maximum Gasteiger partial charge on any atom is 0.232 e. The van der Waals surface area contributed by atoms with Crippen LogP contribution in [0.4, 0.5) is 5.69 Å². The largest absolute Gasteiger partial charge is 0.326 e. The monoisotopic (exact) mass is 342 g/mol. The molecule has 5 nitrogen and oxygen atoms in total. The van der Waals surface area contributed by atoms with Crippen molar-refractivity contribution in [2.75, 3.05) is 5.32 Å². The van der Waals surface area contributed by atoms with Gasteiger partial charge in [-0.25, -0.2) is 0 Å². The molecule has 0 fully saturated rings. The molecule has 0 aliphatic rings. The number of hydrogen-bond acceptors (Lipinski definition) is 3. The van der Waals surface area contributed by atoms with Gasteiger partial charge in [-0.15, -0.1) is 6.58 Å². The van der Waals surface area contributed by atoms with Gasteiger partial charge in [0.05, 0.1) is 16.5 Å². The molecule has 2 rings (SSSR count). The molecule has 0 spiro atoms. The first-order valence-electron chi connectivity index (χ1n) is 6.01. The molecule has 0 saturated heterocycles. The molecule has 0 unspecified atom stereocenters. The summed E-state index contributed by atoms with van der Waals surface area (Å²) in [4.78, 5) is 12.0. The summed E-state index contributed by atoms with van der Waals surface area (Å²) in [6.45, 7) is 4.14. The van der Waals surface area contributed by atoms with Gasteiger partial charge in [-0.3, -0.25) is 14.5 Å². The highest BCUT2D eigenvalue weighted by Gasteiger charge is 2.11. The SMILES string of the molecule is C=CCn1c(CC(=O)Nc2ccc(Cl)c(Cl)c2)n[nH]c1=S. The van der Waals surface area contributed by atoms with Crippen molar-refractivity contribution in [2.24, 2.45) is 0 Å². The molecule has 0 saturated carbocycles. The highest BCUT2D eigenvalue weighted by Crippen LogP contribution is 2.25. The summed E-state index contributed by atoms with van der Waals surface area (Å²) in [5, 5.41) is 10.2. The average molecular weight is 343 g/mol. The summed E-state index contributed by atoms with van der Waals surface area (Å²) in [5.41, 5.74) is 0.568. The Labute approximate surface area is 136 Å². The lowest BCUT2D eigenvalue weighted by Gasteiger charge is -2.07. The van der Waals surface area contributed by atoms with Crippen LogP contribution in [-0.2, 0) is 17.8 Å². The van der Waals surface area contributed by atoms with Gasteiger partial charge in [0.25, 0.3) is 0 Å².